The van der Waals surface area contributed by atoms with Crippen molar-refractivity contribution in [3.05, 3.63) is 29.3 Å². The molecule has 1 atom stereocenters. The second kappa shape index (κ2) is 7.99. The summed E-state index contributed by atoms with van der Waals surface area (Å²) in [5.41, 5.74) is 9.99. The Morgan fingerprint density at radius 1 is 1.38 bits per heavy atom. The number of anilines is 1. The van der Waals surface area contributed by atoms with Gasteiger partial charge in [0.2, 0.25) is 0 Å². The zero-order chi connectivity index (χ0) is 16.9. The molecule has 0 aromatic heterocycles. The van der Waals surface area contributed by atoms with Gasteiger partial charge < -0.3 is 15.8 Å². The van der Waals surface area contributed by atoms with Crippen LogP contribution in [-0.2, 0) is 17.6 Å². The minimum absolute atomic E-state index is 0.137. The first-order valence-electron chi connectivity index (χ1n) is 9.13. The molecule has 5 nitrogen and oxygen atoms in total. The van der Waals surface area contributed by atoms with Crippen LogP contribution in [0, 0.1) is 5.92 Å². The van der Waals surface area contributed by atoms with Crippen LogP contribution in [0.4, 0.5) is 5.69 Å². The van der Waals surface area contributed by atoms with E-state index in [1.807, 2.05) is 0 Å². The number of guanidine groups is 1. The molecule has 2 aliphatic rings. The number of hydrogen-bond acceptors (Lipinski definition) is 3. The quantitative estimate of drug-likeness (QED) is 0.642. The number of nitrogens with zero attached hydrogens (tertiary/aromatic N) is 2. The first kappa shape index (κ1) is 17.2. The van der Waals surface area contributed by atoms with Crippen LogP contribution in [0.3, 0.4) is 0 Å². The van der Waals surface area contributed by atoms with E-state index < -0.39 is 0 Å². The Morgan fingerprint density at radius 2 is 2.21 bits per heavy atom. The van der Waals surface area contributed by atoms with E-state index in [2.05, 4.69) is 47.3 Å². The zero-order valence-electron chi connectivity index (χ0n) is 14.9. The van der Waals surface area contributed by atoms with E-state index in [1.165, 1.54) is 30.4 Å². The van der Waals surface area contributed by atoms with Crippen LogP contribution in [0.1, 0.15) is 31.4 Å². The molecule has 1 heterocycles. The van der Waals surface area contributed by atoms with Crippen LogP contribution < -0.4 is 11.1 Å². The summed E-state index contributed by atoms with van der Waals surface area (Å²) in [5.74, 6) is 1.15. The number of rotatable bonds is 5. The van der Waals surface area contributed by atoms with Gasteiger partial charge in [0.05, 0.1) is 19.3 Å². The fraction of sp³-hybridized carbons (Fsp3) is 0.632. The van der Waals surface area contributed by atoms with Crippen molar-refractivity contribution in [2.24, 2.45) is 16.6 Å². The van der Waals surface area contributed by atoms with E-state index >= 15 is 0 Å². The number of fused-ring (bicyclic) bond motifs is 1. The van der Waals surface area contributed by atoms with E-state index in [1.54, 1.807) is 0 Å². The summed E-state index contributed by atoms with van der Waals surface area (Å²) in [6.07, 6.45) is 3.76. The second-order valence-electron chi connectivity index (χ2n) is 7.33. The summed E-state index contributed by atoms with van der Waals surface area (Å²) in [6.45, 7) is 8.97. The average Bonchev–Trinajstić information content (AvgIpc) is 3.00. The topological polar surface area (TPSA) is 62.9 Å². The minimum Gasteiger partial charge on any atom is -0.374 e. The number of benzene rings is 1. The maximum absolute atomic E-state index is 6.05. The fourth-order valence-corrected chi connectivity index (χ4v) is 3.61. The maximum atomic E-state index is 6.05. The van der Waals surface area contributed by atoms with Crippen LogP contribution in [0.2, 0.25) is 0 Å². The van der Waals surface area contributed by atoms with Gasteiger partial charge in [0, 0.05) is 25.3 Å². The number of hydrogen-bond donors (Lipinski definition) is 2. The Kier molecular flexibility index (Phi) is 5.74. The molecule has 0 spiro atoms. The second-order valence-corrected chi connectivity index (χ2v) is 7.33. The van der Waals surface area contributed by atoms with Gasteiger partial charge in [0.15, 0.2) is 5.96 Å². The zero-order valence-corrected chi connectivity index (χ0v) is 14.9. The summed E-state index contributed by atoms with van der Waals surface area (Å²) in [5, 5.41) is 3.21. The summed E-state index contributed by atoms with van der Waals surface area (Å²) in [6, 6.07) is 6.49. The predicted octanol–water partition coefficient (Wildman–Crippen LogP) is 2.26. The Morgan fingerprint density at radius 3 is 3.04 bits per heavy atom. The Bertz CT molecular complexity index is 585. The molecule has 132 valence electrons. The molecule has 3 rings (SSSR count). The van der Waals surface area contributed by atoms with Crippen molar-refractivity contribution in [1.29, 1.82) is 0 Å². The van der Waals surface area contributed by atoms with Crippen LogP contribution >= 0.6 is 0 Å². The molecular formula is C19H30N4O. The third kappa shape index (κ3) is 4.71. The molecule has 1 aliphatic heterocycles. The van der Waals surface area contributed by atoms with Crippen LogP contribution in [0.25, 0.3) is 0 Å². The van der Waals surface area contributed by atoms with Crippen LogP contribution in [-0.4, -0.2) is 49.7 Å². The van der Waals surface area contributed by atoms with Gasteiger partial charge >= 0.3 is 0 Å². The van der Waals surface area contributed by atoms with E-state index in [0.717, 1.165) is 31.9 Å². The van der Waals surface area contributed by atoms with Crippen molar-refractivity contribution in [1.82, 2.24) is 4.90 Å². The van der Waals surface area contributed by atoms with Gasteiger partial charge in [-0.25, -0.2) is 0 Å². The Balaban J connectivity index is 1.50. The van der Waals surface area contributed by atoms with Crippen molar-refractivity contribution >= 4 is 11.6 Å². The molecule has 1 fully saturated rings. The molecule has 5 heteroatoms. The molecule has 1 aromatic rings. The Labute approximate surface area is 145 Å². The molecule has 0 amide bonds. The van der Waals surface area contributed by atoms with Crippen molar-refractivity contribution < 1.29 is 4.74 Å². The van der Waals surface area contributed by atoms with Crippen molar-refractivity contribution in [2.75, 3.05) is 38.1 Å². The molecule has 1 aliphatic carbocycles. The van der Waals surface area contributed by atoms with Crippen molar-refractivity contribution in [2.45, 2.75) is 39.2 Å². The van der Waals surface area contributed by atoms with Gasteiger partial charge in [-0.15, -0.1) is 0 Å². The van der Waals surface area contributed by atoms with Crippen LogP contribution in [0.5, 0.6) is 0 Å². The standard InChI is InChI=1S/C19H30N4O/c1-14(2)12-23-8-9-24-18(13-23)11-21-19(20)22-17-7-6-15-4-3-5-16(15)10-17/h6-7,10,14,18H,3-5,8-9,11-13H2,1-2H3,(H3,20,21,22). The smallest absolute Gasteiger partial charge is 0.193 e. The fourth-order valence-electron chi connectivity index (χ4n) is 3.61. The lowest BCUT2D eigenvalue weighted by Gasteiger charge is -2.33. The SMILES string of the molecule is CC(C)CN1CCOC(CN=C(N)Nc2ccc3c(c2)CCC3)C1. The van der Waals surface area contributed by atoms with Gasteiger partial charge in [-0.05, 0) is 48.4 Å². The van der Waals surface area contributed by atoms with Gasteiger partial charge in [-0.3, -0.25) is 9.89 Å². The normalized spacial score (nSPS) is 22.0. The van der Waals surface area contributed by atoms with E-state index in [9.17, 15) is 0 Å². The highest BCUT2D eigenvalue weighted by Gasteiger charge is 2.20. The molecule has 1 saturated heterocycles. The van der Waals surface area contributed by atoms with Crippen LogP contribution in [0.15, 0.2) is 23.2 Å². The summed E-state index contributed by atoms with van der Waals surface area (Å²) in [4.78, 5) is 6.94. The molecule has 24 heavy (non-hydrogen) atoms. The third-order valence-electron chi connectivity index (χ3n) is 4.68. The number of nitrogens with one attached hydrogen (secondary N) is 1. The summed E-state index contributed by atoms with van der Waals surface area (Å²) in [7, 11) is 0. The largest absolute Gasteiger partial charge is 0.374 e. The summed E-state index contributed by atoms with van der Waals surface area (Å²) < 4.78 is 5.82. The molecule has 0 bridgehead atoms. The van der Waals surface area contributed by atoms with E-state index in [-0.39, 0.29) is 6.10 Å². The van der Waals surface area contributed by atoms with Crippen molar-refractivity contribution in [3.63, 3.8) is 0 Å². The third-order valence-corrected chi connectivity index (χ3v) is 4.68. The maximum Gasteiger partial charge on any atom is 0.193 e. The number of aryl methyl sites for hydroxylation is 2. The highest BCUT2D eigenvalue weighted by atomic mass is 16.5. The highest BCUT2D eigenvalue weighted by molar-refractivity contribution is 5.92. The predicted molar refractivity (Wildman–Crippen MR) is 99.6 cm³/mol. The number of morpholine rings is 1. The Hall–Kier alpha value is -1.59. The first-order valence-corrected chi connectivity index (χ1v) is 9.13. The van der Waals surface area contributed by atoms with Gasteiger partial charge in [-0.2, -0.15) is 0 Å². The van der Waals surface area contributed by atoms with Gasteiger partial charge in [0.1, 0.15) is 0 Å². The van der Waals surface area contributed by atoms with E-state index in [4.69, 9.17) is 10.5 Å². The van der Waals surface area contributed by atoms with Gasteiger partial charge in [0.25, 0.3) is 0 Å². The minimum atomic E-state index is 0.137. The number of ether oxygens (including phenoxy) is 1. The number of aliphatic imine (C=N–C) groups is 1. The molecular weight excluding hydrogens is 300 g/mol. The lowest BCUT2D eigenvalue weighted by molar-refractivity contribution is -0.0261. The summed E-state index contributed by atoms with van der Waals surface area (Å²) >= 11 is 0. The van der Waals surface area contributed by atoms with Gasteiger partial charge in [-0.1, -0.05) is 19.9 Å². The molecule has 0 radical (unpaired) electrons. The monoisotopic (exact) mass is 330 g/mol. The van der Waals surface area contributed by atoms with E-state index in [0.29, 0.717) is 18.4 Å². The first-order chi connectivity index (χ1) is 11.6. The molecule has 0 saturated carbocycles. The molecule has 3 N–H and O–H groups in total. The lowest BCUT2D eigenvalue weighted by atomic mass is 10.1. The lowest BCUT2D eigenvalue weighted by Crippen LogP contribution is -2.45. The molecule has 1 unspecified atom stereocenters. The number of nitrogens with two attached hydrogens (primary N) is 1. The average molecular weight is 330 g/mol. The van der Waals surface area contributed by atoms with Crippen molar-refractivity contribution in [3.8, 4) is 0 Å². The molecule has 1 aromatic carbocycles. The highest BCUT2D eigenvalue weighted by Crippen LogP contribution is 2.24.